The van der Waals surface area contributed by atoms with Crippen LogP contribution in [0.3, 0.4) is 0 Å². The molecule has 2 rings (SSSR count). The Morgan fingerprint density at radius 3 is 2.50 bits per heavy atom. The van der Waals surface area contributed by atoms with Crippen LogP contribution in [0.15, 0.2) is 42.5 Å². The molecule has 0 bridgehead atoms. The van der Waals surface area contributed by atoms with Crippen molar-refractivity contribution in [2.75, 3.05) is 17.2 Å². The van der Waals surface area contributed by atoms with Gasteiger partial charge in [0.2, 0.25) is 5.91 Å². The molecule has 0 heterocycles. The van der Waals surface area contributed by atoms with Crippen molar-refractivity contribution in [2.45, 2.75) is 26.4 Å². The molecule has 0 fully saturated rings. The molecule has 2 N–H and O–H groups in total. The molecule has 0 aliphatic heterocycles. The molecule has 6 heteroatoms. The van der Waals surface area contributed by atoms with Gasteiger partial charge in [-0.2, -0.15) is 0 Å². The molecule has 0 aromatic heterocycles. The summed E-state index contributed by atoms with van der Waals surface area (Å²) in [5.41, 5.74) is 1.45. The van der Waals surface area contributed by atoms with E-state index in [2.05, 4.69) is 10.6 Å². The Balaban J connectivity index is 1.80. The van der Waals surface area contributed by atoms with Gasteiger partial charge in [-0.05, 0) is 50.2 Å². The number of rotatable bonds is 7. The summed E-state index contributed by atoms with van der Waals surface area (Å²) in [4.78, 5) is 12.0. The van der Waals surface area contributed by atoms with Crippen molar-refractivity contribution in [3.63, 3.8) is 0 Å². The highest BCUT2D eigenvalue weighted by Gasteiger charge is 2.06. The topological polar surface area (TPSA) is 50.4 Å². The van der Waals surface area contributed by atoms with E-state index in [4.69, 9.17) is 27.9 Å². The summed E-state index contributed by atoms with van der Waals surface area (Å²) < 4.78 is 5.56. The van der Waals surface area contributed by atoms with Crippen molar-refractivity contribution in [3.8, 4) is 5.75 Å². The molecule has 128 valence electrons. The molecule has 2 aromatic carbocycles. The summed E-state index contributed by atoms with van der Waals surface area (Å²) in [6, 6.07) is 12.6. The van der Waals surface area contributed by atoms with Crippen molar-refractivity contribution in [2.24, 2.45) is 0 Å². The largest absolute Gasteiger partial charge is 0.491 e. The number of hydrogen-bond acceptors (Lipinski definition) is 3. The molecule has 0 unspecified atom stereocenters. The molecule has 0 saturated carbocycles. The highest BCUT2D eigenvalue weighted by atomic mass is 35.5. The van der Waals surface area contributed by atoms with E-state index in [0.29, 0.717) is 28.7 Å². The van der Waals surface area contributed by atoms with Crippen LogP contribution in [0.5, 0.6) is 5.75 Å². The van der Waals surface area contributed by atoms with E-state index in [1.807, 2.05) is 44.2 Å². The fourth-order valence-corrected chi connectivity index (χ4v) is 2.43. The molecule has 1 amide bonds. The molecule has 2 aromatic rings. The Morgan fingerprint density at radius 1 is 1.12 bits per heavy atom. The van der Waals surface area contributed by atoms with Gasteiger partial charge in [-0.1, -0.05) is 29.3 Å². The highest BCUT2D eigenvalue weighted by molar-refractivity contribution is 6.43. The van der Waals surface area contributed by atoms with Crippen LogP contribution in [0, 0.1) is 0 Å². The Bertz CT molecular complexity index is 688. The summed E-state index contributed by atoms with van der Waals surface area (Å²) >= 11 is 12.0. The maximum absolute atomic E-state index is 12.0. The summed E-state index contributed by atoms with van der Waals surface area (Å²) in [5, 5.41) is 6.89. The second-order valence-corrected chi connectivity index (χ2v) is 6.30. The van der Waals surface area contributed by atoms with E-state index in [9.17, 15) is 4.79 Å². The van der Waals surface area contributed by atoms with Crippen LogP contribution >= 0.6 is 23.2 Å². The van der Waals surface area contributed by atoms with E-state index in [-0.39, 0.29) is 12.0 Å². The Hall–Kier alpha value is -1.91. The highest BCUT2D eigenvalue weighted by Crippen LogP contribution is 2.29. The maximum Gasteiger partial charge on any atom is 0.226 e. The lowest BCUT2D eigenvalue weighted by atomic mass is 10.2. The third-order valence-electron chi connectivity index (χ3n) is 3.13. The fourth-order valence-electron chi connectivity index (χ4n) is 2.06. The lowest BCUT2D eigenvalue weighted by Crippen LogP contribution is -2.16. The number of ether oxygens (including phenoxy) is 1. The standard InChI is InChI=1S/C18H20Cl2N2O2/c1-12(2)24-14-8-6-13(7-9-14)22-17(23)10-11-21-16-5-3-4-15(19)18(16)20/h3-9,12,21H,10-11H2,1-2H3,(H,22,23). The number of carbonyl (C=O) groups excluding carboxylic acids is 1. The summed E-state index contributed by atoms with van der Waals surface area (Å²) in [6.07, 6.45) is 0.433. The van der Waals surface area contributed by atoms with E-state index < -0.39 is 0 Å². The Morgan fingerprint density at radius 2 is 1.83 bits per heavy atom. The van der Waals surface area contributed by atoms with Gasteiger partial charge in [-0.15, -0.1) is 0 Å². The quantitative estimate of drug-likeness (QED) is 0.705. The van der Waals surface area contributed by atoms with Crippen molar-refractivity contribution in [1.82, 2.24) is 0 Å². The minimum atomic E-state index is -0.0850. The predicted molar refractivity (Wildman–Crippen MR) is 100 cm³/mol. The third-order valence-corrected chi connectivity index (χ3v) is 3.95. The first-order valence-electron chi connectivity index (χ1n) is 7.70. The van der Waals surface area contributed by atoms with Gasteiger partial charge in [0.25, 0.3) is 0 Å². The van der Waals surface area contributed by atoms with Gasteiger partial charge in [0.05, 0.1) is 21.8 Å². The number of benzene rings is 2. The average molecular weight is 367 g/mol. The normalized spacial score (nSPS) is 10.5. The average Bonchev–Trinajstić information content (AvgIpc) is 2.53. The maximum atomic E-state index is 12.0. The number of amides is 1. The smallest absolute Gasteiger partial charge is 0.226 e. The van der Waals surface area contributed by atoms with Crippen LogP contribution in [0.25, 0.3) is 0 Å². The van der Waals surface area contributed by atoms with Crippen LogP contribution < -0.4 is 15.4 Å². The van der Waals surface area contributed by atoms with Gasteiger partial charge >= 0.3 is 0 Å². The van der Waals surface area contributed by atoms with Crippen molar-refractivity contribution < 1.29 is 9.53 Å². The number of nitrogens with one attached hydrogen (secondary N) is 2. The predicted octanol–water partition coefficient (Wildman–Crippen LogP) is 5.22. The first-order valence-corrected chi connectivity index (χ1v) is 8.46. The number of anilines is 2. The molecule has 0 atom stereocenters. The van der Waals surface area contributed by atoms with E-state index in [0.717, 1.165) is 11.4 Å². The van der Waals surface area contributed by atoms with Crippen molar-refractivity contribution in [3.05, 3.63) is 52.5 Å². The second-order valence-electron chi connectivity index (χ2n) is 5.52. The van der Waals surface area contributed by atoms with Crippen LogP contribution in [0.2, 0.25) is 10.0 Å². The zero-order valence-corrected chi connectivity index (χ0v) is 15.1. The minimum absolute atomic E-state index is 0.0850. The van der Waals surface area contributed by atoms with E-state index >= 15 is 0 Å². The van der Waals surface area contributed by atoms with Gasteiger partial charge in [0, 0.05) is 18.7 Å². The Labute approximate surface area is 152 Å². The second kappa shape index (κ2) is 8.81. The summed E-state index contributed by atoms with van der Waals surface area (Å²) in [5.74, 6) is 0.693. The molecule has 0 aliphatic carbocycles. The molecule has 0 aliphatic rings. The van der Waals surface area contributed by atoms with Crippen LogP contribution in [-0.2, 0) is 4.79 Å². The van der Waals surface area contributed by atoms with Crippen LogP contribution in [0.1, 0.15) is 20.3 Å². The number of halogens is 2. The first-order chi connectivity index (χ1) is 11.5. The SMILES string of the molecule is CC(C)Oc1ccc(NC(=O)CCNc2cccc(Cl)c2Cl)cc1. The van der Waals surface area contributed by atoms with Crippen LogP contribution in [-0.4, -0.2) is 18.6 Å². The molecule has 24 heavy (non-hydrogen) atoms. The minimum Gasteiger partial charge on any atom is -0.491 e. The van der Waals surface area contributed by atoms with E-state index in [1.54, 1.807) is 12.1 Å². The molecule has 4 nitrogen and oxygen atoms in total. The zero-order valence-electron chi connectivity index (χ0n) is 13.6. The van der Waals surface area contributed by atoms with Crippen LogP contribution in [0.4, 0.5) is 11.4 Å². The molecule has 0 spiro atoms. The summed E-state index contributed by atoms with van der Waals surface area (Å²) in [6.45, 7) is 4.39. The zero-order chi connectivity index (χ0) is 17.5. The third kappa shape index (κ3) is 5.62. The van der Waals surface area contributed by atoms with Gasteiger partial charge < -0.3 is 15.4 Å². The van der Waals surface area contributed by atoms with E-state index in [1.165, 1.54) is 0 Å². The lowest BCUT2D eigenvalue weighted by molar-refractivity contribution is -0.115. The van der Waals surface area contributed by atoms with Gasteiger partial charge in [-0.3, -0.25) is 4.79 Å². The number of carbonyl (C=O) groups is 1. The first kappa shape index (κ1) is 18.4. The summed E-state index contributed by atoms with van der Waals surface area (Å²) in [7, 11) is 0. The van der Waals surface area contributed by atoms with Crippen molar-refractivity contribution in [1.29, 1.82) is 0 Å². The van der Waals surface area contributed by atoms with Gasteiger partial charge in [-0.25, -0.2) is 0 Å². The van der Waals surface area contributed by atoms with Gasteiger partial charge in [0.1, 0.15) is 5.75 Å². The fraction of sp³-hybridized carbons (Fsp3) is 0.278. The Kier molecular flexibility index (Phi) is 6.76. The molecular formula is C18H20Cl2N2O2. The van der Waals surface area contributed by atoms with Crippen molar-refractivity contribution >= 4 is 40.5 Å². The molecular weight excluding hydrogens is 347 g/mol. The molecule has 0 radical (unpaired) electrons. The molecule has 0 saturated heterocycles. The van der Waals surface area contributed by atoms with Gasteiger partial charge in [0.15, 0.2) is 0 Å². The monoisotopic (exact) mass is 366 g/mol. The number of hydrogen-bond donors (Lipinski definition) is 2. The lowest BCUT2D eigenvalue weighted by Gasteiger charge is -2.11.